The van der Waals surface area contributed by atoms with Gasteiger partial charge in [0.1, 0.15) is 23.6 Å². The van der Waals surface area contributed by atoms with Gasteiger partial charge in [0.05, 0.1) is 25.4 Å². The summed E-state index contributed by atoms with van der Waals surface area (Å²) in [5, 5.41) is 4.24. The highest BCUT2D eigenvalue weighted by molar-refractivity contribution is 5.91. The van der Waals surface area contributed by atoms with Crippen molar-refractivity contribution in [2.24, 2.45) is 0 Å². The molecule has 0 aliphatic heterocycles. The lowest BCUT2D eigenvalue weighted by Gasteiger charge is -2.13. The third-order valence-corrected chi connectivity index (χ3v) is 3.20. The fourth-order valence-corrected chi connectivity index (χ4v) is 2.13. The normalized spacial score (nSPS) is 9.91. The number of nitrogens with zero attached hydrogens (tertiary/aromatic N) is 2. The van der Waals surface area contributed by atoms with Gasteiger partial charge in [-0.15, -0.1) is 0 Å². The number of methoxy groups -OCH3 is 2. The molecule has 6 heteroatoms. The number of fused-ring (bicyclic) bond motifs is 1. The van der Waals surface area contributed by atoms with Crippen LogP contribution in [0.2, 0.25) is 0 Å². The molecule has 3 rings (SSSR count). The third kappa shape index (κ3) is 3.04. The molecular weight excluding hydrogens is 302 g/mol. The van der Waals surface area contributed by atoms with E-state index in [0.717, 1.165) is 28.2 Å². The van der Waals surface area contributed by atoms with Crippen molar-refractivity contribution in [2.45, 2.75) is 0 Å². The summed E-state index contributed by atoms with van der Waals surface area (Å²) in [5.74, 6) is 2.17. The number of nitrogens with one attached hydrogen (secondary N) is 1. The van der Waals surface area contributed by atoms with Crippen LogP contribution in [0.25, 0.3) is 10.9 Å². The molecule has 0 bridgehead atoms. The van der Waals surface area contributed by atoms with Crippen molar-refractivity contribution in [1.82, 2.24) is 9.97 Å². The topological polar surface area (TPSA) is 56.3 Å². The average Bonchev–Trinajstić information content (AvgIpc) is 2.55. The quantitative estimate of drug-likeness (QED) is 0.755. The highest BCUT2D eigenvalue weighted by atomic mass is 35.5. The van der Waals surface area contributed by atoms with E-state index in [-0.39, 0.29) is 12.4 Å². The highest BCUT2D eigenvalue weighted by Gasteiger charge is 2.08. The lowest BCUT2D eigenvalue weighted by molar-refractivity contribution is -0.00000491. The predicted molar refractivity (Wildman–Crippen MR) is 82.4 cm³/mol. The number of anilines is 2. The Labute approximate surface area is 134 Å². The van der Waals surface area contributed by atoms with E-state index in [4.69, 9.17) is 9.47 Å². The number of aromatic nitrogens is 2. The van der Waals surface area contributed by atoms with Crippen LogP contribution in [0.1, 0.15) is 0 Å². The summed E-state index contributed by atoms with van der Waals surface area (Å²) in [6.45, 7) is 0. The summed E-state index contributed by atoms with van der Waals surface area (Å²) in [6.07, 6.45) is 1.54. The van der Waals surface area contributed by atoms with E-state index in [1.165, 1.54) is 0 Å². The van der Waals surface area contributed by atoms with Gasteiger partial charge in [0.25, 0.3) is 0 Å². The molecule has 0 unspecified atom stereocenters. The molecule has 0 atom stereocenters. The molecule has 0 amide bonds. The monoisotopic (exact) mass is 316 g/mol. The van der Waals surface area contributed by atoms with Crippen molar-refractivity contribution < 1.29 is 21.9 Å². The van der Waals surface area contributed by atoms with Crippen LogP contribution in [0.15, 0.2) is 48.8 Å². The largest absolute Gasteiger partial charge is 1.00 e. The van der Waals surface area contributed by atoms with Crippen LogP contribution in [0.4, 0.5) is 11.5 Å². The van der Waals surface area contributed by atoms with Crippen LogP contribution in [-0.4, -0.2) is 24.2 Å². The van der Waals surface area contributed by atoms with Crippen molar-refractivity contribution in [2.75, 3.05) is 19.5 Å². The molecular formula is C16H15ClN3O2-. The van der Waals surface area contributed by atoms with Crippen LogP contribution in [-0.2, 0) is 0 Å². The SMILES string of the molecule is COc1ccc(Nc2ncnc3ccccc23)c(OC)c1.[Cl-]. The van der Waals surface area contributed by atoms with Gasteiger partial charge in [-0.1, -0.05) is 12.1 Å². The van der Waals surface area contributed by atoms with E-state index < -0.39 is 0 Å². The molecule has 22 heavy (non-hydrogen) atoms. The smallest absolute Gasteiger partial charge is 0.146 e. The Kier molecular flexibility index (Phi) is 5.01. The van der Waals surface area contributed by atoms with Crippen LogP contribution < -0.4 is 27.2 Å². The summed E-state index contributed by atoms with van der Waals surface area (Å²) in [6, 6.07) is 13.4. The van der Waals surface area contributed by atoms with Gasteiger partial charge in [-0.2, -0.15) is 0 Å². The van der Waals surface area contributed by atoms with E-state index >= 15 is 0 Å². The number of hydrogen-bond acceptors (Lipinski definition) is 5. The Hall–Kier alpha value is -2.53. The molecule has 3 aromatic rings. The van der Waals surface area contributed by atoms with Crippen LogP contribution in [0.3, 0.4) is 0 Å². The molecule has 0 saturated heterocycles. The minimum absolute atomic E-state index is 0. The Morgan fingerprint density at radius 2 is 1.77 bits per heavy atom. The van der Waals surface area contributed by atoms with Crippen molar-refractivity contribution in [3.63, 3.8) is 0 Å². The maximum Gasteiger partial charge on any atom is 0.146 e. The minimum Gasteiger partial charge on any atom is -1.00 e. The van der Waals surface area contributed by atoms with Gasteiger partial charge in [0.2, 0.25) is 0 Å². The summed E-state index contributed by atoms with van der Waals surface area (Å²) < 4.78 is 10.6. The second-order valence-electron chi connectivity index (χ2n) is 4.43. The van der Waals surface area contributed by atoms with Crippen molar-refractivity contribution in [1.29, 1.82) is 0 Å². The Bertz CT molecular complexity index is 775. The number of rotatable bonds is 4. The van der Waals surface area contributed by atoms with Crippen LogP contribution in [0, 0.1) is 0 Å². The zero-order chi connectivity index (χ0) is 14.7. The molecule has 0 saturated carbocycles. The molecule has 1 N–H and O–H groups in total. The van der Waals surface area contributed by atoms with Crippen LogP contribution in [0.5, 0.6) is 11.5 Å². The Morgan fingerprint density at radius 1 is 0.955 bits per heavy atom. The van der Waals surface area contributed by atoms with E-state index in [9.17, 15) is 0 Å². The third-order valence-electron chi connectivity index (χ3n) is 3.20. The minimum atomic E-state index is 0. The van der Waals surface area contributed by atoms with Gasteiger partial charge in [0.15, 0.2) is 0 Å². The standard InChI is InChI=1S/C16H15N3O2.ClH/c1-20-11-7-8-14(15(9-11)21-2)19-16-12-5-3-4-6-13(12)17-10-18-16;/h3-10H,1-2H3,(H,17,18,19);1H/p-1. The molecule has 0 spiro atoms. The van der Waals surface area contributed by atoms with Gasteiger partial charge in [-0.3, -0.25) is 0 Å². The van der Waals surface area contributed by atoms with Crippen molar-refractivity contribution in [3.8, 4) is 11.5 Å². The predicted octanol–water partition coefficient (Wildman–Crippen LogP) is 0.395. The number of hydrogen-bond donors (Lipinski definition) is 1. The highest BCUT2D eigenvalue weighted by Crippen LogP contribution is 2.32. The average molecular weight is 317 g/mol. The Balaban J connectivity index is 0.00000176. The maximum atomic E-state index is 5.39. The second kappa shape index (κ2) is 6.95. The second-order valence-corrected chi connectivity index (χ2v) is 4.43. The molecule has 2 aromatic carbocycles. The fourth-order valence-electron chi connectivity index (χ4n) is 2.13. The number of para-hydroxylation sites is 1. The number of halogens is 1. The molecule has 0 radical (unpaired) electrons. The van der Waals surface area contributed by atoms with Gasteiger partial charge in [-0.25, -0.2) is 9.97 Å². The lowest BCUT2D eigenvalue weighted by Crippen LogP contribution is -3.00. The Morgan fingerprint density at radius 3 is 2.55 bits per heavy atom. The molecule has 0 aliphatic rings. The summed E-state index contributed by atoms with van der Waals surface area (Å²) in [7, 11) is 3.25. The van der Waals surface area contributed by atoms with Gasteiger partial charge >= 0.3 is 0 Å². The zero-order valence-corrected chi connectivity index (χ0v) is 13.0. The first-order valence-corrected chi connectivity index (χ1v) is 6.50. The van der Waals surface area contributed by atoms with E-state index in [2.05, 4.69) is 15.3 Å². The van der Waals surface area contributed by atoms with E-state index in [1.807, 2.05) is 42.5 Å². The first-order valence-electron chi connectivity index (χ1n) is 6.50. The zero-order valence-electron chi connectivity index (χ0n) is 12.2. The van der Waals surface area contributed by atoms with Crippen molar-refractivity contribution >= 4 is 22.4 Å². The fraction of sp³-hybridized carbons (Fsp3) is 0.125. The summed E-state index contributed by atoms with van der Waals surface area (Å²) in [5.41, 5.74) is 1.71. The van der Waals surface area contributed by atoms with Crippen LogP contribution >= 0.6 is 0 Å². The van der Waals surface area contributed by atoms with E-state index in [1.54, 1.807) is 20.5 Å². The molecule has 0 aliphatic carbocycles. The lowest BCUT2D eigenvalue weighted by atomic mass is 10.2. The summed E-state index contributed by atoms with van der Waals surface area (Å²) >= 11 is 0. The van der Waals surface area contributed by atoms with E-state index in [0.29, 0.717) is 5.75 Å². The molecule has 114 valence electrons. The number of benzene rings is 2. The molecule has 0 fully saturated rings. The molecule has 5 nitrogen and oxygen atoms in total. The van der Waals surface area contributed by atoms with Crippen molar-refractivity contribution in [3.05, 3.63) is 48.8 Å². The first kappa shape index (κ1) is 15.9. The van der Waals surface area contributed by atoms with Gasteiger partial charge in [0, 0.05) is 11.5 Å². The van der Waals surface area contributed by atoms with Gasteiger partial charge < -0.3 is 27.2 Å². The van der Waals surface area contributed by atoms with Gasteiger partial charge in [-0.05, 0) is 24.3 Å². The molecule has 1 heterocycles. The maximum absolute atomic E-state index is 5.39. The summed E-state index contributed by atoms with van der Waals surface area (Å²) in [4.78, 5) is 8.56. The first-order chi connectivity index (χ1) is 10.3. The number of ether oxygens (including phenoxy) is 2. The molecule has 1 aromatic heterocycles.